The maximum absolute atomic E-state index is 12.0. The summed E-state index contributed by atoms with van der Waals surface area (Å²) in [6.07, 6.45) is 1.36. The zero-order valence-electron chi connectivity index (χ0n) is 9.94. The molecule has 0 aliphatic carbocycles. The molecule has 1 fully saturated rings. The van der Waals surface area contributed by atoms with Gasteiger partial charge in [0.05, 0.1) is 5.54 Å². The van der Waals surface area contributed by atoms with E-state index in [0.29, 0.717) is 32.6 Å². The van der Waals surface area contributed by atoms with Gasteiger partial charge in [0.1, 0.15) is 5.69 Å². The van der Waals surface area contributed by atoms with Crippen LogP contribution in [-0.2, 0) is 4.74 Å². The molecule has 2 heterocycles. The molecule has 0 radical (unpaired) electrons. The number of carbonyl (C=O) groups is 1. The van der Waals surface area contributed by atoms with Crippen molar-refractivity contribution in [3.63, 3.8) is 0 Å². The minimum absolute atomic E-state index is 0.175. The van der Waals surface area contributed by atoms with Crippen molar-refractivity contribution in [3.05, 3.63) is 28.2 Å². The third kappa shape index (κ3) is 2.74. The molecule has 0 atom stereocenters. The lowest BCUT2D eigenvalue weighted by molar-refractivity contribution is 0.0387. The van der Waals surface area contributed by atoms with Crippen LogP contribution in [0.4, 0.5) is 0 Å². The Balaban J connectivity index is 2.09. The quantitative estimate of drug-likeness (QED) is 0.639. The lowest BCUT2D eigenvalue weighted by atomic mass is 9.90. The van der Waals surface area contributed by atoms with Crippen molar-refractivity contribution in [3.8, 4) is 0 Å². The van der Waals surface area contributed by atoms with Crippen molar-refractivity contribution >= 4 is 5.91 Å². The van der Waals surface area contributed by atoms with Gasteiger partial charge >= 0.3 is 0 Å². The Bertz CT molecular complexity index is 459. The first-order valence-corrected chi connectivity index (χ1v) is 5.81. The van der Waals surface area contributed by atoms with E-state index < -0.39 is 5.54 Å². The van der Waals surface area contributed by atoms with Crippen LogP contribution in [-0.4, -0.2) is 41.4 Å². The molecule has 98 valence electrons. The van der Waals surface area contributed by atoms with Crippen molar-refractivity contribution in [1.82, 2.24) is 15.5 Å². The maximum atomic E-state index is 12.0. The van der Waals surface area contributed by atoms with Gasteiger partial charge in [-0.15, -0.1) is 0 Å². The normalized spacial score (nSPS) is 18.3. The van der Waals surface area contributed by atoms with Gasteiger partial charge in [-0.1, -0.05) is 0 Å². The second kappa shape index (κ2) is 5.28. The van der Waals surface area contributed by atoms with Crippen LogP contribution in [0.2, 0.25) is 0 Å². The number of H-pyrrole nitrogens is 1. The first kappa shape index (κ1) is 12.7. The molecule has 0 unspecified atom stereocenters. The van der Waals surface area contributed by atoms with Crippen molar-refractivity contribution in [2.75, 3.05) is 19.8 Å². The molecule has 18 heavy (non-hydrogen) atoms. The first-order valence-electron chi connectivity index (χ1n) is 5.81. The second-order valence-corrected chi connectivity index (χ2v) is 4.36. The SMILES string of the molecule is NCC1(NC(=O)c2ccc(=O)[nH]n2)CCOCC1. The molecule has 0 spiro atoms. The number of aromatic nitrogens is 2. The Hall–Kier alpha value is -1.73. The Morgan fingerprint density at radius 1 is 1.50 bits per heavy atom. The van der Waals surface area contributed by atoms with E-state index in [4.69, 9.17) is 10.5 Å². The molecule has 0 aromatic carbocycles. The summed E-state index contributed by atoms with van der Waals surface area (Å²) >= 11 is 0. The fourth-order valence-electron chi connectivity index (χ4n) is 1.92. The Morgan fingerprint density at radius 2 is 2.22 bits per heavy atom. The number of carbonyl (C=O) groups excluding carboxylic acids is 1. The van der Waals surface area contributed by atoms with E-state index in [1.165, 1.54) is 12.1 Å². The summed E-state index contributed by atoms with van der Waals surface area (Å²) in [5.74, 6) is -0.335. The van der Waals surface area contributed by atoms with Gasteiger partial charge in [0.15, 0.2) is 0 Å². The minimum atomic E-state index is -0.437. The third-order valence-corrected chi connectivity index (χ3v) is 3.13. The standard InChI is InChI=1S/C11H16N4O3/c12-7-11(3-5-18-6-4-11)13-10(17)8-1-2-9(16)15-14-8/h1-2H,3-7,12H2,(H,13,17)(H,15,16). The van der Waals surface area contributed by atoms with E-state index in [0.717, 1.165) is 0 Å². The average molecular weight is 252 g/mol. The van der Waals surface area contributed by atoms with Crippen LogP contribution in [0.1, 0.15) is 23.3 Å². The fraction of sp³-hybridized carbons (Fsp3) is 0.545. The van der Waals surface area contributed by atoms with Gasteiger partial charge in [0.25, 0.3) is 11.5 Å². The molecule has 2 rings (SSSR count). The molecule has 1 amide bonds. The number of aromatic amines is 1. The van der Waals surface area contributed by atoms with Gasteiger partial charge in [0, 0.05) is 25.8 Å². The van der Waals surface area contributed by atoms with Crippen LogP contribution in [0.25, 0.3) is 0 Å². The molecule has 1 aromatic heterocycles. The largest absolute Gasteiger partial charge is 0.381 e. The van der Waals surface area contributed by atoms with Crippen molar-refractivity contribution in [1.29, 1.82) is 0 Å². The van der Waals surface area contributed by atoms with Crippen molar-refractivity contribution in [2.45, 2.75) is 18.4 Å². The number of nitrogens with two attached hydrogens (primary N) is 1. The van der Waals surface area contributed by atoms with Crippen molar-refractivity contribution in [2.24, 2.45) is 5.73 Å². The summed E-state index contributed by atoms with van der Waals surface area (Å²) in [5, 5.41) is 8.80. The van der Waals surface area contributed by atoms with E-state index in [9.17, 15) is 9.59 Å². The van der Waals surface area contributed by atoms with Gasteiger partial charge in [-0.3, -0.25) is 9.59 Å². The van der Waals surface area contributed by atoms with E-state index >= 15 is 0 Å². The van der Waals surface area contributed by atoms with Gasteiger partial charge in [0.2, 0.25) is 0 Å². The molecular formula is C11H16N4O3. The van der Waals surface area contributed by atoms with E-state index in [1.807, 2.05) is 0 Å². The van der Waals surface area contributed by atoms with Crippen LogP contribution in [0.15, 0.2) is 16.9 Å². The third-order valence-electron chi connectivity index (χ3n) is 3.13. The highest BCUT2D eigenvalue weighted by Crippen LogP contribution is 2.19. The predicted octanol–water partition coefficient (Wildman–Crippen LogP) is -0.992. The summed E-state index contributed by atoms with van der Waals surface area (Å²) < 4.78 is 5.26. The minimum Gasteiger partial charge on any atom is -0.381 e. The molecule has 7 nitrogen and oxygen atoms in total. The highest BCUT2D eigenvalue weighted by molar-refractivity contribution is 5.92. The number of rotatable bonds is 3. The number of amides is 1. The second-order valence-electron chi connectivity index (χ2n) is 4.36. The zero-order valence-corrected chi connectivity index (χ0v) is 9.94. The lowest BCUT2D eigenvalue weighted by Gasteiger charge is -2.36. The van der Waals surface area contributed by atoms with Crippen LogP contribution in [0.3, 0.4) is 0 Å². The molecule has 0 bridgehead atoms. The smallest absolute Gasteiger partial charge is 0.272 e. The maximum Gasteiger partial charge on any atom is 0.272 e. The summed E-state index contributed by atoms with van der Waals surface area (Å²) in [5.41, 5.74) is 5.14. The Kier molecular flexibility index (Phi) is 3.73. The van der Waals surface area contributed by atoms with Gasteiger partial charge in [-0.25, -0.2) is 5.10 Å². The highest BCUT2D eigenvalue weighted by atomic mass is 16.5. The molecule has 4 N–H and O–H groups in total. The fourth-order valence-corrected chi connectivity index (χ4v) is 1.92. The zero-order chi connectivity index (χ0) is 13.0. The summed E-state index contributed by atoms with van der Waals surface area (Å²) in [4.78, 5) is 22.9. The number of nitrogens with zero attached hydrogens (tertiary/aromatic N) is 1. The van der Waals surface area contributed by atoms with Crippen LogP contribution in [0, 0.1) is 0 Å². The van der Waals surface area contributed by atoms with Gasteiger partial charge in [-0.2, -0.15) is 5.10 Å². The van der Waals surface area contributed by atoms with Crippen LogP contribution >= 0.6 is 0 Å². The van der Waals surface area contributed by atoms with Crippen LogP contribution in [0.5, 0.6) is 0 Å². The molecule has 0 saturated carbocycles. The summed E-state index contributed by atoms with van der Waals surface area (Å²) in [6, 6.07) is 2.65. The lowest BCUT2D eigenvalue weighted by Crippen LogP contribution is -2.56. The van der Waals surface area contributed by atoms with Crippen LogP contribution < -0.4 is 16.6 Å². The topological polar surface area (TPSA) is 110 Å². The Morgan fingerprint density at radius 3 is 2.78 bits per heavy atom. The van der Waals surface area contributed by atoms with E-state index in [2.05, 4.69) is 15.5 Å². The van der Waals surface area contributed by atoms with Gasteiger partial charge < -0.3 is 15.8 Å². The molecule has 1 aliphatic rings. The number of hydrogen-bond acceptors (Lipinski definition) is 5. The van der Waals surface area contributed by atoms with Crippen molar-refractivity contribution < 1.29 is 9.53 Å². The number of hydrogen-bond donors (Lipinski definition) is 3. The number of ether oxygens (including phenoxy) is 1. The highest BCUT2D eigenvalue weighted by Gasteiger charge is 2.33. The summed E-state index contributed by atoms with van der Waals surface area (Å²) in [7, 11) is 0. The number of nitrogens with one attached hydrogen (secondary N) is 2. The molecule has 7 heteroatoms. The molecule has 1 aromatic rings. The molecular weight excluding hydrogens is 236 g/mol. The predicted molar refractivity (Wildman–Crippen MR) is 64.2 cm³/mol. The molecule has 1 saturated heterocycles. The van der Waals surface area contributed by atoms with Gasteiger partial charge in [-0.05, 0) is 18.9 Å². The molecule has 1 aliphatic heterocycles. The summed E-state index contributed by atoms with van der Waals surface area (Å²) in [6.45, 7) is 1.51. The van der Waals surface area contributed by atoms with E-state index in [-0.39, 0.29) is 17.2 Å². The first-order chi connectivity index (χ1) is 8.65. The van der Waals surface area contributed by atoms with E-state index in [1.54, 1.807) is 0 Å². The average Bonchev–Trinajstić information content (AvgIpc) is 2.40. The monoisotopic (exact) mass is 252 g/mol. The Labute approximate surface area is 104 Å².